The van der Waals surface area contributed by atoms with E-state index in [1.807, 2.05) is 21.1 Å². The molecule has 9 nitrogen and oxygen atoms in total. The van der Waals surface area contributed by atoms with Crippen molar-refractivity contribution in [1.29, 1.82) is 0 Å². The molecule has 0 aromatic rings. The van der Waals surface area contributed by atoms with Crippen LogP contribution in [0.15, 0.2) is 134 Å². The third kappa shape index (κ3) is 72.7. The number of hydrogen-bond acceptors (Lipinski definition) is 7. The Kier molecular flexibility index (Phi) is 67.7. The van der Waals surface area contributed by atoms with Crippen molar-refractivity contribution in [3.05, 3.63) is 134 Å². The molecule has 0 aromatic carbocycles. The lowest BCUT2D eigenvalue weighted by molar-refractivity contribution is -0.870. The Morgan fingerprint density at radius 1 is 0.341 bits per heavy atom. The van der Waals surface area contributed by atoms with Crippen molar-refractivity contribution in [3.63, 3.8) is 0 Å². The molecule has 0 aliphatic rings. The van der Waals surface area contributed by atoms with Gasteiger partial charge in [-0.05, 0) is 116 Å². The van der Waals surface area contributed by atoms with E-state index in [9.17, 15) is 19.5 Å². The van der Waals surface area contributed by atoms with Gasteiger partial charge in [-0.25, -0.2) is 4.79 Å². The van der Waals surface area contributed by atoms with Gasteiger partial charge in [-0.2, -0.15) is 0 Å². The summed E-state index contributed by atoms with van der Waals surface area (Å²) in [5.41, 5.74) is 0. The number of esters is 2. The Morgan fingerprint density at radius 3 is 0.934 bits per heavy atom. The lowest BCUT2D eigenvalue weighted by Gasteiger charge is -2.25. The summed E-state index contributed by atoms with van der Waals surface area (Å²) in [4.78, 5) is 37.7. The van der Waals surface area contributed by atoms with Crippen LogP contribution in [-0.2, 0) is 33.3 Å². The van der Waals surface area contributed by atoms with Crippen molar-refractivity contribution in [2.24, 2.45) is 0 Å². The van der Waals surface area contributed by atoms with Gasteiger partial charge in [0.05, 0.1) is 34.4 Å². The van der Waals surface area contributed by atoms with Gasteiger partial charge in [0.2, 0.25) is 0 Å². The SMILES string of the molecule is CC/C=C\C/C=C\C/C=C\C/C=C\C/C=C\C/C=C\C/C=C\C/C=C\CCCCCCCCCCCCCCCCC(=O)OC(COC(=O)CCCCCCCCCCCCCC/C=C\C/C=C\C/C=C\CCCCCCC)COC(OCC[N+](C)(C)C)C(=O)O. The third-order valence-electron chi connectivity index (χ3n) is 15.9. The average molecular weight is 1270 g/mol. The number of quaternary nitrogens is 1. The minimum Gasteiger partial charge on any atom is -0.477 e. The number of ether oxygens (including phenoxy) is 4. The van der Waals surface area contributed by atoms with Gasteiger partial charge >= 0.3 is 17.9 Å². The molecule has 0 aliphatic heterocycles. The molecule has 9 heteroatoms. The van der Waals surface area contributed by atoms with Crippen LogP contribution in [-0.4, -0.2) is 87.4 Å². The molecule has 0 saturated heterocycles. The maximum Gasteiger partial charge on any atom is 0.361 e. The summed E-state index contributed by atoms with van der Waals surface area (Å²) >= 11 is 0. The van der Waals surface area contributed by atoms with Crippen LogP contribution in [0.2, 0.25) is 0 Å². The Hall–Kier alpha value is -4.57. The standard InChI is InChI=1S/C82H139NO8/c1-6-8-10-12-14-16-18-20-22-24-26-28-30-32-34-35-36-37-38-39-40-41-42-43-44-45-47-49-51-53-55-57-59-61-63-65-67-69-71-73-80(85)91-78(77-90-82(81(86)87)88-75-74-83(3,4)5)76-89-79(84)72-70-68-66-64-62-60-58-56-54-52-50-48-46-33-31-29-27-25-23-21-19-17-15-13-11-9-7-2/h8,10,14,16,19-22,25-28,31-34,36-37,39-40,42-43,78,82H,6-7,9,11-13,15,17-18,23-24,29-30,35,38,41,44-77H2,1-5H3/p+1/b10-8-,16-14-,21-19-,22-20-,27-25-,28-26-,33-31-,34-32-,37-36-,40-39-,43-42-. The van der Waals surface area contributed by atoms with Gasteiger partial charge in [-0.15, -0.1) is 0 Å². The molecule has 0 aromatic heterocycles. The Labute approximate surface area is 560 Å². The zero-order valence-electron chi connectivity index (χ0n) is 59.5. The third-order valence-corrected chi connectivity index (χ3v) is 15.9. The molecule has 1 N–H and O–H groups in total. The van der Waals surface area contributed by atoms with Crippen LogP contribution in [0.25, 0.3) is 0 Å². The zero-order chi connectivity index (χ0) is 66.1. The highest BCUT2D eigenvalue weighted by molar-refractivity contribution is 5.71. The number of carboxylic acids is 1. The van der Waals surface area contributed by atoms with Gasteiger partial charge in [-0.3, -0.25) is 9.59 Å². The van der Waals surface area contributed by atoms with Crippen LogP contribution < -0.4 is 0 Å². The number of aliphatic carboxylic acids is 1. The van der Waals surface area contributed by atoms with Crippen LogP contribution in [0.3, 0.4) is 0 Å². The molecular weight excluding hydrogens is 1130 g/mol. The fraction of sp³-hybridized carbons (Fsp3) is 0.695. The predicted octanol–water partition coefficient (Wildman–Crippen LogP) is 23.7. The van der Waals surface area contributed by atoms with Gasteiger partial charge in [0.25, 0.3) is 6.29 Å². The first-order chi connectivity index (χ1) is 44.6. The lowest BCUT2D eigenvalue weighted by Crippen LogP contribution is -2.40. The number of carbonyl (C=O) groups is 3. The highest BCUT2D eigenvalue weighted by Gasteiger charge is 2.25. The Morgan fingerprint density at radius 2 is 0.626 bits per heavy atom. The molecule has 520 valence electrons. The summed E-state index contributed by atoms with van der Waals surface area (Å²) in [5, 5.41) is 9.76. The Balaban J connectivity index is 4.10. The number of nitrogens with zero attached hydrogens (tertiary/aromatic N) is 1. The number of carboxylic acid groups (broad SMARTS) is 1. The summed E-state index contributed by atoms with van der Waals surface area (Å²) < 4.78 is 23.0. The van der Waals surface area contributed by atoms with Crippen molar-refractivity contribution in [3.8, 4) is 0 Å². The molecular formula is C82H140NO8+. The van der Waals surface area contributed by atoms with Crippen molar-refractivity contribution in [2.75, 3.05) is 47.5 Å². The second-order valence-electron chi connectivity index (χ2n) is 25.9. The maximum absolute atomic E-state index is 13.0. The van der Waals surface area contributed by atoms with Crippen LogP contribution >= 0.6 is 0 Å². The van der Waals surface area contributed by atoms with Crippen LogP contribution in [0.1, 0.15) is 309 Å². The van der Waals surface area contributed by atoms with E-state index >= 15 is 0 Å². The van der Waals surface area contributed by atoms with Gasteiger partial charge < -0.3 is 28.5 Å². The summed E-state index contributed by atoms with van der Waals surface area (Å²) in [7, 11) is 5.98. The molecule has 0 bridgehead atoms. The molecule has 91 heavy (non-hydrogen) atoms. The second-order valence-corrected chi connectivity index (χ2v) is 25.9. The number of hydrogen-bond donors (Lipinski definition) is 1. The molecule has 0 radical (unpaired) electrons. The number of rotatable bonds is 68. The molecule has 0 aliphatic carbocycles. The van der Waals surface area contributed by atoms with Gasteiger partial charge in [0.15, 0.2) is 6.10 Å². The fourth-order valence-corrected chi connectivity index (χ4v) is 10.2. The molecule has 0 saturated carbocycles. The summed E-state index contributed by atoms with van der Waals surface area (Å²) in [5.74, 6) is -2.00. The van der Waals surface area contributed by atoms with E-state index in [0.29, 0.717) is 23.9 Å². The van der Waals surface area contributed by atoms with Gasteiger partial charge in [-0.1, -0.05) is 314 Å². The van der Waals surface area contributed by atoms with E-state index in [0.717, 1.165) is 103 Å². The normalized spacial score (nSPS) is 13.5. The summed E-state index contributed by atoms with van der Waals surface area (Å²) in [6.07, 6.45) is 100.0. The zero-order valence-corrected chi connectivity index (χ0v) is 59.5. The predicted molar refractivity (Wildman–Crippen MR) is 391 cm³/mol. The minimum atomic E-state index is -1.52. The van der Waals surface area contributed by atoms with Crippen molar-refractivity contribution >= 4 is 17.9 Å². The quantitative estimate of drug-likeness (QED) is 0.0211. The highest BCUT2D eigenvalue weighted by atomic mass is 16.7. The smallest absolute Gasteiger partial charge is 0.361 e. The monoisotopic (exact) mass is 1270 g/mol. The van der Waals surface area contributed by atoms with E-state index in [1.54, 1.807) is 0 Å². The van der Waals surface area contributed by atoms with Crippen LogP contribution in [0.5, 0.6) is 0 Å². The van der Waals surface area contributed by atoms with Crippen LogP contribution in [0.4, 0.5) is 0 Å². The molecule has 2 unspecified atom stereocenters. The molecule has 0 spiro atoms. The van der Waals surface area contributed by atoms with E-state index in [1.165, 1.54) is 173 Å². The van der Waals surface area contributed by atoms with E-state index in [4.69, 9.17) is 18.9 Å². The van der Waals surface area contributed by atoms with Crippen molar-refractivity contribution < 1.29 is 42.9 Å². The Bertz CT molecular complexity index is 1960. The maximum atomic E-state index is 13.0. The van der Waals surface area contributed by atoms with Crippen LogP contribution in [0, 0.1) is 0 Å². The molecule has 0 rings (SSSR count). The first-order valence-corrected chi connectivity index (χ1v) is 37.3. The van der Waals surface area contributed by atoms with Gasteiger partial charge in [0.1, 0.15) is 13.2 Å². The van der Waals surface area contributed by atoms with E-state index < -0.39 is 24.3 Å². The highest BCUT2D eigenvalue weighted by Crippen LogP contribution is 2.17. The first-order valence-electron chi connectivity index (χ1n) is 37.3. The molecule has 0 fully saturated rings. The largest absolute Gasteiger partial charge is 0.477 e. The van der Waals surface area contributed by atoms with Gasteiger partial charge in [0, 0.05) is 12.8 Å². The molecule has 2 atom stereocenters. The lowest BCUT2D eigenvalue weighted by atomic mass is 10.0. The summed E-state index contributed by atoms with van der Waals surface area (Å²) in [6, 6.07) is 0. The van der Waals surface area contributed by atoms with Crippen molar-refractivity contribution in [1.82, 2.24) is 0 Å². The number of likely N-dealkylation sites (N-methyl/N-ethyl adjacent to an activating group) is 1. The van der Waals surface area contributed by atoms with Crippen molar-refractivity contribution in [2.45, 2.75) is 322 Å². The number of carbonyl (C=O) groups excluding carboxylic acids is 2. The molecule has 0 amide bonds. The molecule has 0 heterocycles. The minimum absolute atomic E-state index is 0.183. The second kappa shape index (κ2) is 71.3. The van der Waals surface area contributed by atoms with E-state index in [2.05, 4.69) is 148 Å². The number of allylic oxidation sites excluding steroid dienone is 22. The first kappa shape index (κ1) is 86.4. The topological polar surface area (TPSA) is 108 Å². The summed E-state index contributed by atoms with van der Waals surface area (Å²) in [6.45, 7) is 4.77. The fourth-order valence-electron chi connectivity index (χ4n) is 10.2. The van der Waals surface area contributed by atoms with E-state index in [-0.39, 0.29) is 32.2 Å². The average Bonchev–Trinajstić information content (AvgIpc) is 3.46. The number of unbranched alkanes of at least 4 members (excludes halogenated alkanes) is 31.